The first-order valence-electron chi connectivity index (χ1n) is 4.62. The third-order valence-corrected chi connectivity index (χ3v) is 2.36. The molecule has 7 heteroatoms. The second-order valence-electron chi connectivity index (χ2n) is 3.19. The van der Waals surface area contributed by atoms with Crippen molar-refractivity contribution in [2.45, 2.75) is 13.0 Å². The van der Waals surface area contributed by atoms with Gasteiger partial charge in [0.2, 0.25) is 0 Å². The van der Waals surface area contributed by atoms with Crippen molar-refractivity contribution in [3.05, 3.63) is 28.2 Å². The molecule has 0 aliphatic rings. The highest BCUT2D eigenvalue weighted by Gasteiger charge is 2.17. The fraction of sp³-hybridized carbons (Fsp3) is 0.200. The van der Waals surface area contributed by atoms with E-state index in [4.69, 9.17) is 33.7 Å². The molecule has 0 aromatic heterocycles. The van der Waals surface area contributed by atoms with Crippen LogP contribution in [0.5, 0.6) is 5.75 Å². The standard InChI is InChI=1S/C10H10Cl2N2O3/c1-5(9(15)14-10(13)16)17-8-4-6(11)2-3-7(8)12/h2-5H,1H3,(H3,13,14,15,16)/t5-/m0/s1. The number of hydrogen-bond acceptors (Lipinski definition) is 3. The van der Waals surface area contributed by atoms with E-state index in [-0.39, 0.29) is 5.75 Å². The van der Waals surface area contributed by atoms with Gasteiger partial charge >= 0.3 is 6.03 Å². The van der Waals surface area contributed by atoms with Crippen molar-refractivity contribution in [2.24, 2.45) is 5.73 Å². The molecular weight excluding hydrogens is 267 g/mol. The Balaban J connectivity index is 2.73. The van der Waals surface area contributed by atoms with Crippen molar-refractivity contribution in [1.29, 1.82) is 0 Å². The Kier molecular flexibility index (Phi) is 4.60. The van der Waals surface area contributed by atoms with Crippen LogP contribution in [0.15, 0.2) is 18.2 Å². The Hall–Kier alpha value is -1.46. The number of halogens is 2. The first-order valence-corrected chi connectivity index (χ1v) is 5.37. The monoisotopic (exact) mass is 276 g/mol. The van der Waals surface area contributed by atoms with Gasteiger partial charge in [-0.1, -0.05) is 23.2 Å². The highest BCUT2D eigenvalue weighted by Crippen LogP contribution is 2.28. The quantitative estimate of drug-likeness (QED) is 0.886. The maximum atomic E-state index is 11.3. The molecule has 17 heavy (non-hydrogen) atoms. The van der Waals surface area contributed by atoms with Crippen molar-refractivity contribution in [3.8, 4) is 5.75 Å². The largest absolute Gasteiger partial charge is 0.479 e. The number of amides is 3. The maximum Gasteiger partial charge on any atom is 0.318 e. The molecule has 5 nitrogen and oxygen atoms in total. The van der Waals surface area contributed by atoms with Gasteiger partial charge in [-0.05, 0) is 19.1 Å². The molecule has 1 aromatic carbocycles. The summed E-state index contributed by atoms with van der Waals surface area (Å²) in [4.78, 5) is 21.8. The molecule has 1 atom stereocenters. The van der Waals surface area contributed by atoms with Gasteiger partial charge in [-0.3, -0.25) is 10.1 Å². The number of nitrogens with one attached hydrogen (secondary N) is 1. The third kappa shape index (κ3) is 4.13. The van der Waals surface area contributed by atoms with Gasteiger partial charge in [-0.15, -0.1) is 0 Å². The van der Waals surface area contributed by atoms with Crippen LogP contribution in [-0.2, 0) is 4.79 Å². The Morgan fingerprint density at radius 3 is 2.65 bits per heavy atom. The summed E-state index contributed by atoms with van der Waals surface area (Å²) in [6, 6.07) is 3.66. The summed E-state index contributed by atoms with van der Waals surface area (Å²) in [7, 11) is 0. The highest BCUT2D eigenvalue weighted by atomic mass is 35.5. The number of benzene rings is 1. The van der Waals surface area contributed by atoms with Crippen LogP contribution >= 0.6 is 23.2 Å². The second-order valence-corrected chi connectivity index (χ2v) is 4.03. The van der Waals surface area contributed by atoms with Crippen molar-refractivity contribution in [3.63, 3.8) is 0 Å². The Bertz CT molecular complexity index is 451. The van der Waals surface area contributed by atoms with E-state index in [2.05, 4.69) is 0 Å². The number of nitrogens with two attached hydrogens (primary N) is 1. The molecule has 0 spiro atoms. The molecule has 0 bridgehead atoms. The summed E-state index contributed by atoms with van der Waals surface area (Å²) in [5.41, 5.74) is 4.80. The van der Waals surface area contributed by atoms with Gasteiger partial charge in [-0.2, -0.15) is 0 Å². The Morgan fingerprint density at radius 2 is 2.06 bits per heavy atom. The number of ether oxygens (including phenoxy) is 1. The molecular formula is C10H10Cl2N2O3. The van der Waals surface area contributed by atoms with E-state index < -0.39 is 18.0 Å². The van der Waals surface area contributed by atoms with Gasteiger partial charge in [0.25, 0.3) is 5.91 Å². The fourth-order valence-corrected chi connectivity index (χ4v) is 1.36. The summed E-state index contributed by atoms with van der Waals surface area (Å²) in [5, 5.41) is 2.63. The zero-order valence-corrected chi connectivity index (χ0v) is 10.4. The number of rotatable bonds is 3. The van der Waals surface area contributed by atoms with E-state index in [9.17, 15) is 9.59 Å². The molecule has 0 aliphatic carbocycles. The van der Waals surface area contributed by atoms with E-state index in [1.807, 2.05) is 5.32 Å². The van der Waals surface area contributed by atoms with Gasteiger partial charge in [0.1, 0.15) is 5.75 Å². The van der Waals surface area contributed by atoms with Gasteiger partial charge < -0.3 is 10.5 Å². The van der Waals surface area contributed by atoms with Crippen LogP contribution in [-0.4, -0.2) is 18.0 Å². The number of urea groups is 1. The van der Waals surface area contributed by atoms with Gasteiger partial charge in [0, 0.05) is 11.1 Å². The first-order chi connectivity index (χ1) is 7.90. The topological polar surface area (TPSA) is 81.4 Å². The van der Waals surface area contributed by atoms with Crippen LogP contribution in [0.25, 0.3) is 0 Å². The minimum absolute atomic E-state index is 0.256. The van der Waals surface area contributed by atoms with E-state index in [1.165, 1.54) is 19.1 Å². The molecule has 0 radical (unpaired) electrons. The van der Waals surface area contributed by atoms with Crippen molar-refractivity contribution in [1.82, 2.24) is 5.32 Å². The first kappa shape index (κ1) is 13.6. The molecule has 1 aromatic rings. The summed E-state index contributed by atoms with van der Waals surface area (Å²) in [5.74, 6) is -0.403. The SMILES string of the molecule is C[C@H](Oc1cc(Cl)ccc1Cl)C(=O)NC(N)=O. The maximum absolute atomic E-state index is 11.3. The van der Waals surface area contributed by atoms with Crippen LogP contribution in [0.3, 0.4) is 0 Å². The molecule has 0 saturated heterocycles. The van der Waals surface area contributed by atoms with Crippen LogP contribution in [0.1, 0.15) is 6.92 Å². The lowest BCUT2D eigenvalue weighted by atomic mass is 10.3. The lowest BCUT2D eigenvalue weighted by Gasteiger charge is -2.14. The molecule has 0 heterocycles. The van der Waals surface area contributed by atoms with E-state index in [0.717, 1.165) is 0 Å². The summed E-state index contributed by atoms with van der Waals surface area (Å²) < 4.78 is 5.25. The smallest absolute Gasteiger partial charge is 0.318 e. The van der Waals surface area contributed by atoms with Crippen LogP contribution in [0.4, 0.5) is 4.79 Å². The summed E-state index contributed by atoms with van der Waals surface area (Å²) >= 11 is 11.6. The normalized spacial score (nSPS) is 11.7. The van der Waals surface area contributed by atoms with E-state index >= 15 is 0 Å². The molecule has 0 fully saturated rings. The highest BCUT2D eigenvalue weighted by molar-refractivity contribution is 6.34. The average Bonchev–Trinajstić information content (AvgIpc) is 2.22. The Labute approximate surface area is 108 Å². The second kappa shape index (κ2) is 5.75. The predicted octanol–water partition coefficient (Wildman–Crippen LogP) is 1.96. The van der Waals surface area contributed by atoms with Gasteiger partial charge in [0.15, 0.2) is 6.10 Å². The molecule has 0 unspecified atom stereocenters. The average molecular weight is 277 g/mol. The summed E-state index contributed by atoms with van der Waals surface area (Å²) in [6.07, 6.45) is -0.918. The molecule has 0 aliphatic heterocycles. The van der Waals surface area contributed by atoms with Crippen molar-refractivity contribution < 1.29 is 14.3 Å². The zero-order chi connectivity index (χ0) is 13.0. The number of carbonyl (C=O) groups excluding carboxylic acids is 2. The molecule has 3 amide bonds. The molecule has 3 N–H and O–H groups in total. The van der Waals surface area contributed by atoms with E-state index in [1.54, 1.807) is 6.07 Å². The van der Waals surface area contributed by atoms with Gasteiger partial charge in [-0.25, -0.2) is 4.79 Å². The van der Waals surface area contributed by atoms with Gasteiger partial charge in [0.05, 0.1) is 5.02 Å². The van der Waals surface area contributed by atoms with Crippen LogP contribution < -0.4 is 15.8 Å². The van der Waals surface area contributed by atoms with Crippen LogP contribution in [0.2, 0.25) is 10.0 Å². The van der Waals surface area contributed by atoms with Crippen molar-refractivity contribution >= 4 is 35.1 Å². The zero-order valence-electron chi connectivity index (χ0n) is 8.87. The molecule has 92 valence electrons. The van der Waals surface area contributed by atoms with E-state index in [0.29, 0.717) is 10.0 Å². The lowest BCUT2D eigenvalue weighted by Crippen LogP contribution is -2.42. The predicted molar refractivity (Wildman–Crippen MR) is 64.3 cm³/mol. The lowest BCUT2D eigenvalue weighted by molar-refractivity contribution is -0.126. The van der Waals surface area contributed by atoms with Crippen molar-refractivity contribution in [2.75, 3.05) is 0 Å². The molecule has 1 rings (SSSR count). The fourth-order valence-electron chi connectivity index (χ4n) is 1.03. The summed E-state index contributed by atoms with van der Waals surface area (Å²) in [6.45, 7) is 1.45. The number of hydrogen-bond donors (Lipinski definition) is 2. The number of primary amides is 1. The minimum Gasteiger partial charge on any atom is -0.479 e. The Morgan fingerprint density at radius 1 is 1.41 bits per heavy atom. The third-order valence-electron chi connectivity index (χ3n) is 1.81. The number of carbonyl (C=O) groups is 2. The molecule has 0 saturated carbocycles. The number of imide groups is 1. The van der Waals surface area contributed by atoms with Crippen LogP contribution in [0, 0.1) is 0 Å². The minimum atomic E-state index is -0.942.